The Hall–Kier alpha value is -2.38. The standard InChI is InChI=1S/C11H16N6O2/c1-3-4-15-6-9(5-13-15)7-16-11(12)10(17(18)19)8(2)14-16/h5-6H,3-4,7,12H2,1-2H3. The van der Waals surface area contributed by atoms with E-state index >= 15 is 0 Å². The van der Waals surface area contributed by atoms with Gasteiger partial charge in [0.15, 0.2) is 0 Å². The number of nitrogens with zero attached hydrogens (tertiary/aromatic N) is 5. The van der Waals surface area contributed by atoms with Crippen molar-refractivity contribution >= 4 is 11.5 Å². The van der Waals surface area contributed by atoms with Crippen LogP contribution in [-0.2, 0) is 13.1 Å². The van der Waals surface area contributed by atoms with Crippen molar-refractivity contribution in [3.63, 3.8) is 0 Å². The Balaban J connectivity index is 2.23. The zero-order valence-corrected chi connectivity index (χ0v) is 10.9. The molecule has 102 valence electrons. The Kier molecular flexibility index (Phi) is 3.50. The second-order valence-electron chi connectivity index (χ2n) is 4.35. The van der Waals surface area contributed by atoms with Crippen LogP contribution in [0.5, 0.6) is 0 Å². The summed E-state index contributed by atoms with van der Waals surface area (Å²) >= 11 is 0. The number of hydrogen-bond donors (Lipinski definition) is 1. The molecule has 0 amide bonds. The Morgan fingerprint density at radius 3 is 2.84 bits per heavy atom. The molecule has 0 aliphatic carbocycles. The minimum absolute atomic E-state index is 0.0748. The van der Waals surface area contributed by atoms with E-state index in [9.17, 15) is 10.1 Å². The van der Waals surface area contributed by atoms with Gasteiger partial charge in [0.05, 0.1) is 17.7 Å². The smallest absolute Gasteiger partial charge is 0.333 e. The second-order valence-corrected chi connectivity index (χ2v) is 4.35. The molecule has 2 rings (SSSR count). The highest BCUT2D eigenvalue weighted by molar-refractivity contribution is 5.56. The zero-order chi connectivity index (χ0) is 14.0. The maximum Gasteiger partial charge on any atom is 0.333 e. The summed E-state index contributed by atoms with van der Waals surface area (Å²) in [6.45, 7) is 4.86. The molecule has 0 aliphatic rings. The monoisotopic (exact) mass is 264 g/mol. The topological polar surface area (TPSA) is 105 Å². The molecule has 0 saturated heterocycles. The quantitative estimate of drug-likeness (QED) is 0.648. The fraction of sp³-hybridized carbons (Fsp3) is 0.455. The summed E-state index contributed by atoms with van der Waals surface area (Å²) in [6.07, 6.45) is 4.61. The van der Waals surface area contributed by atoms with Crippen LogP contribution in [0.15, 0.2) is 12.4 Å². The van der Waals surface area contributed by atoms with Crippen LogP contribution >= 0.6 is 0 Å². The van der Waals surface area contributed by atoms with Gasteiger partial charge in [0.25, 0.3) is 0 Å². The summed E-state index contributed by atoms with van der Waals surface area (Å²) in [5.74, 6) is 0.0748. The van der Waals surface area contributed by atoms with Crippen LogP contribution in [0.3, 0.4) is 0 Å². The molecule has 8 nitrogen and oxygen atoms in total. The van der Waals surface area contributed by atoms with Crippen molar-refractivity contribution in [3.8, 4) is 0 Å². The molecule has 0 fully saturated rings. The molecule has 0 aliphatic heterocycles. The van der Waals surface area contributed by atoms with Gasteiger partial charge >= 0.3 is 5.69 Å². The molecular formula is C11H16N6O2. The average molecular weight is 264 g/mol. The van der Waals surface area contributed by atoms with Crippen LogP contribution in [-0.4, -0.2) is 24.5 Å². The average Bonchev–Trinajstić information content (AvgIpc) is 2.86. The lowest BCUT2D eigenvalue weighted by Crippen LogP contribution is -2.06. The molecule has 0 radical (unpaired) electrons. The van der Waals surface area contributed by atoms with Crippen molar-refractivity contribution in [1.82, 2.24) is 19.6 Å². The lowest BCUT2D eigenvalue weighted by atomic mass is 10.3. The van der Waals surface area contributed by atoms with Crippen molar-refractivity contribution in [3.05, 3.63) is 33.8 Å². The normalized spacial score (nSPS) is 10.8. The first-order chi connectivity index (χ1) is 9.02. The molecule has 2 aromatic heterocycles. The van der Waals surface area contributed by atoms with Crippen LogP contribution in [0, 0.1) is 17.0 Å². The minimum Gasteiger partial charge on any atom is -0.378 e. The van der Waals surface area contributed by atoms with E-state index in [-0.39, 0.29) is 11.5 Å². The van der Waals surface area contributed by atoms with Crippen LogP contribution in [0.25, 0.3) is 0 Å². The van der Waals surface area contributed by atoms with Crippen molar-refractivity contribution in [2.75, 3.05) is 5.73 Å². The summed E-state index contributed by atoms with van der Waals surface area (Å²) in [6, 6.07) is 0. The van der Waals surface area contributed by atoms with Crippen molar-refractivity contribution in [2.45, 2.75) is 33.4 Å². The minimum atomic E-state index is -0.505. The SMILES string of the molecule is CCCn1cc(Cn2nc(C)c([N+](=O)[O-])c2N)cn1. The van der Waals surface area contributed by atoms with E-state index in [1.54, 1.807) is 13.1 Å². The Bertz CT molecular complexity index is 600. The van der Waals surface area contributed by atoms with Crippen LogP contribution in [0.1, 0.15) is 24.6 Å². The van der Waals surface area contributed by atoms with E-state index in [1.807, 2.05) is 10.9 Å². The van der Waals surface area contributed by atoms with Gasteiger partial charge in [0.1, 0.15) is 5.69 Å². The Morgan fingerprint density at radius 1 is 1.53 bits per heavy atom. The number of aryl methyl sites for hydroxylation is 2. The maximum absolute atomic E-state index is 10.9. The number of nitrogens with two attached hydrogens (primary N) is 1. The Labute approximate surface area is 110 Å². The molecule has 0 aromatic carbocycles. The van der Waals surface area contributed by atoms with Gasteiger partial charge in [-0.1, -0.05) is 6.92 Å². The van der Waals surface area contributed by atoms with Gasteiger partial charge in [0, 0.05) is 18.3 Å². The molecule has 0 atom stereocenters. The van der Waals surface area contributed by atoms with E-state index in [0.717, 1.165) is 18.5 Å². The largest absolute Gasteiger partial charge is 0.378 e. The summed E-state index contributed by atoms with van der Waals surface area (Å²) < 4.78 is 3.26. The highest BCUT2D eigenvalue weighted by Gasteiger charge is 2.22. The molecule has 0 unspecified atom stereocenters. The first-order valence-corrected chi connectivity index (χ1v) is 6.01. The van der Waals surface area contributed by atoms with Crippen molar-refractivity contribution < 1.29 is 4.92 Å². The molecule has 2 heterocycles. The van der Waals surface area contributed by atoms with Gasteiger partial charge in [-0.05, 0) is 13.3 Å². The third-order valence-electron chi connectivity index (χ3n) is 2.79. The van der Waals surface area contributed by atoms with E-state index in [4.69, 9.17) is 5.73 Å². The predicted molar refractivity (Wildman–Crippen MR) is 69.7 cm³/mol. The number of rotatable bonds is 5. The summed E-state index contributed by atoms with van der Waals surface area (Å²) in [4.78, 5) is 10.3. The van der Waals surface area contributed by atoms with Crippen molar-refractivity contribution in [1.29, 1.82) is 0 Å². The molecule has 0 bridgehead atoms. The lowest BCUT2D eigenvalue weighted by Gasteiger charge is -2.00. The fourth-order valence-corrected chi connectivity index (χ4v) is 1.95. The van der Waals surface area contributed by atoms with Crippen LogP contribution < -0.4 is 5.73 Å². The second kappa shape index (κ2) is 5.09. The summed E-state index contributed by atoms with van der Waals surface area (Å²) in [5.41, 5.74) is 6.86. The van der Waals surface area contributed by atoms with E-state index in [2.05, 4.69) is 17.1 Å². The third kappa shape index (κ3) is 2.56. The highest BCUT2D eigenvalue weighted by Crippen LogP contribution is 2.25. The number of aromatic nitrogens is 4. The number of anilines is 1. The van der Waals surface area contributed by atoms with Gasteiger partial charge in [-0.3, -0.25) is 14.8 Å². The molecule has 19 heavy (non-hydrogen) atoms. The van der Waals surface area contributed by atoms with Crippen LogP contribution in [0.4, 0.5) is 11.5 Å². The molecule has 2 aromatic rings. The molecule has 0 saturated carbocycles. The van der Waals surface area contributed by atoms with E-state index < -0.39 is 4.92 Å². The molecular weight excluding hydrogens is 248 g/mol. The first-order valence-electron chi connectivity index (χ1n) is 6.01. The fourth-order valence-electron chi connectivity index (χ4n) is 1.95. The van der Waals surface area contributed by atoms with Gasteiger partial charge in [0.2, 0.25) is 5.82 Å². The predicted octanol–water partition coefficient (Wildman–Crippen LogP) is 1.34. The molecule has 8 heteroatoms. The summed E-state index contributed by atoms with van der Waals surface area (Å²) in [5, 5.41) is 19.1. The number of nitro groups is 1. The maximum atomic E-state index is 10.9. The Morgan fingerprint density at radius 2 is 2.26 bits per heavy atom. The van der Waals surface area contributed by atoms with Gasteiger partial charge in [-0.15, -0.1) is 0 Å². The van der Waals surface area contributed by atoms with E-state index in [1.165, 1.54) is 4.68 Å². The van der Waals surface area contributed by atoms with Gasteiger partial charge in [-0.2, -0.15) is 10.2 Å². The van der Waals surface area contributed by atoms with Crippen LogP contribution in [0.2, 0.25) is 0 Å². The van der Waals surface area contributed by atoms with Crippen molar-refractivity contribution in [2.24, 2.45) is 0 Å². The number of nitrogen functional groups attached to an aromatic ring is 1. The van der Waals surface area contributed by atoms with Gasteiger partial charge in [-0.25, -0.2) is 4.68 Å². The number of hydrogen-bond acceptors (Lipinski definition) is 5. The van der Waals surface area contributed by atoms with Gasteiger partial charge < -0.3 is 5.73 Å². The third-order valence-corrected chi connectivity index (χ3v) is 2.79. The first kappa shape index (κ1) is 13.1. The molecule has 0 spiro atoms. The zero-order valence-electron chi connectivity index (χ0n) is 10.9. The highest BCUT2D eigenvalue weighted by atomic mass is 16.6. The lowest BCUT2D eigenvalue weighted by molar-refractivity contribution is -0.384. The molecule has 2 N–H and O–H groups in total. The van der Waals surface area contributed by atoms with E-state index in [0.29, 0.717) is 12.2 Å². The summed E-state index contributed by atoms with van der Waals surface area (Å²) in [7, 11) is 0.